The predicted molar refractivity (Wildman–Crippen MR) is 81.7 cm³/mol. The Bertz CT molecular complexity index is 451. The molecule has 6 nitrogen and oxygen atoms in total. The molecule has 1 aliphatic rings. The van der Waals surface area contributed by atoms with E-state index < -0.39 is 0 Å². The van der Waals surface area contributed by atoms with Crippen molar-refractivity contribution in [1.82, 2.24) is 25.0 Å². The molecule has 2 rings (SSSR count). The maximum absolute atomic E-state index is 12.2. The number of nitrogens with zero attached hydrogens (tertiary/aromatic N) is 4. The van der Waals surface area contributed by atoms with E-state index >= 15 is 0 Å². The van der Waals surface area contributed by atoms with E-state index in [4.69, 9.17) is 0 Å². The smallest absolute Gasteiger partial charge is 0.220 e. The Labute approximate surface area is 126 Å². The van der Waals surface area contributed by atoms with Gasteiger partial charge in [0.2, 0.25) is 5.91 Å². The molecule has 21 heavy (non-hydrogen) atoms. The minimum Gasteiger partial charge on any atom is -0.346 e. The number of aryl methyl sites for hydroxylation is 1. The van der Waals surface area contributed by atoms with Gasteiger partial charge in [0.05, 0.1) is 6.04 Å². The number of carbonyl (C=O) groups excluding carboxylic acids is 1. The Kier molecular flexibility index (Phi) is 5.73. The van der Waals surface area contributed by atoms with Gasteiger partial charge < -0.3 is 10.2 Å². The van der Waals surface area contributed by atoms with E-state index in [1.54, 1.807) is 6.33 Å². The van der Waals surface area contributed by atoms with E-state index in [1.807, 2.05) is 18.5 Å². The molecule has 1 aromatic heterocycles. The Balaban J connectivity index is 1.79. The zero-order valence-electron chi connectivity index (χ0n) is 13.4. The average Bonchev–Trinajstić information content (AvgIpc) is 2.96. The van der Waals surface area contributed by atoms with Gasteiger partial charge in [-0.25, -0.2) is 9.67 Å². The number of hydrogen-bond acceptors (Lipinski definition) is 4. The van der Waals surface area contributed by atoms with Crippen LogP contribution in [0.3, 0.4) is 0 Å². The second kappa shape index (κ2) is 7.54. The Hall–Kier alpha value is -1.43. The SMILES string of the molecule is CCN1CCC(CC(=O)N[C@@H](C)c2ncnn2CC)CC1. The van der Waals surface area contributed by atoms with Crippen LogP contribution in [0.25, 0.3) is 0 Å². The van der Waals surface area contributed by atoms with Crippen LogP contribution >= 0.6 is 0 Å². The van der Waals surface area contributed by atoms with Crippen LogP contribution in [0, 0.1) is 5.92 Å². The first kappa shape index (κ1) is 15.9. The van der Waals surface area contributed by atoms with Gasteiger partial charge in [-0.05, 0) is 52.2 Å². The molecule has 0 bridgehead atoms. The number of likely N-dealkylation sites (tertiary alicyclic amines) is 1. The van der Waals surface area contributed by atoms with Gasteiger partial charge in [0, 0.05) is 13.0 Å². The average molecular weight is 293 g/mol. The fourth-order valence-corrected chi connectivity index (χ4v) is 2.99. The van der Waals surface area contributed by atoms with Crippen LogP contribution in [0.1, 0.15) is 51.9 Å². The summed E-state index contributed by atoms with van der Waals surface area (Å²) in [6, 6.07) is -0.0873. The number of rotatable bonds is 6. The van der Waals surface area contributed by atoms with Gasteiger partial charge in [-0.15, -0.1) is 0 Å². The first-order valence-electron chi connectivity index (χ1n) is 8.03. The predicted octanol–water partition coefficient (Wildman–Crippen LogP) is 1.60. The van der Waals surface area contributed by atoms with Gasteiger partial charge in [-0.3, -0.25) is 4.79 Å². The molecule has 1 atom stereocenters. The van der Waals surface area contributed by atoms with Crippen molar-refractivity contribution in [3.05, 3.63) is 12.2 Å². The van der Waals surface area contributed by atoms with E-state index in [1.165, 1.54) is 0 Å². The van der Waals surface area contributed by atoms with Crippen molar-refractivity contribution >= 4 is 5.91 Å². The highest BCUT2D eigenvalue weighted by atomic mass is 16.1. The summed E-state index contributed by atoms with van der Waals surface area (Å²) in [4.78, 5) is 18.9. The molecule has 0 aliphatic carbocycles. The van der Waals surface area contributed by atoms with Crippen LogP contribution in [-0.4, -0.2) is 45.2 Å². The summed E-state index contributed by atoms with van der Waals surface area (Å²) in [5, 5.41) is 7.20. The lowest BCUT2D eigenvalue weighted by Crippen LogP contribution is -2.36. The number of carbonyl (C=O) groups is 1. The molecular weight excluding hydrogens is 266 g/mol. The highest BCUT2D eigenvalue weighted by Crippen LogP contribution is 2.20. The van der Waals surface area contributed by atoms with E-state index in [2.05, 4.69) is 27.2 Å². The Morgan fingerprint density at radius 1 is 1.38 bits per heavy atom. The number of nitrogens with one attached hydrogen (secondary N) is 1. The van der Waals surface area contributed by atoms with Crippen molar-refractivity contribution in [2.24, 2.45) is 5.92 Å². The van der Waals surface area contributed by atoms with Crippen LogP contribution in [0.15, 0.2) is 6.33 Å². The van der Waals surface area contributed by atoms with Crippen LogP contribution in [0.5, 0.6) is 0 Å². The van der Waals surface area contributed by atoms with E-state index in [0.29, 0.717) is 12.3 Å². The van der Waals surface area contributed by atoms with Crippen LogP contribution in [-0.2, 0) is 11.3 Å². The molecule has 0 spiro atoms. The quantitative estimate of drug-likeness (QED) is 0.865. The first-order chi connectivity index (χ1) is 10.1. The molecule has 1 aliphatic heterocycles. The van der Waals surface area contributed by atoms with Crippen molar-refractivity contribution in [3.8, 4) is 0 Å². The zero-order chi connectivity index (χ0) is 15.2. The summed E-state index contributed by atoms with van der Waals surface area (Å²) >= 11 is 0. The maximum atomic E-state index is 12.2. The fourth-order valence-electron chi connectivity index (χ4n) is 2.99. The van der Waals surface area contributed by atoms with E-state index in [0.717, 1.165) is 44.8 Å². The minimum absolute atomic E-state index is 0.0873. The molecule has 1 aromatic rings. The molecule has 118 valence electrons. The van der Waals surface area contributed by atoms with Crippen molar-refractivity contribution in [2.45, 2.75) is 52.6 Å². The summed E-state index contributed by atoms with van der Waals surface area (Å²) in [5.41, 5.74) is 0. The largest absolute Gasteiger partial charge is 0.346 e. The number of amides is 1. The van der Waals surface area contributed by atoms with Crippen molar-refractivity contribution in [1.29, 1.82) is 0 Å². The second-order valence-electron chi connectivity index (χ2n) is 5.80. The summed E-state index contributed by atoms with van der Waals surface area (Å²) < 4.78 is 1.82. The fraction of sp³-hybridized carbons (Fsp3) is 0.800. The van der Waals surface area contributed by atoms with Gasteiger partial charge in [0.1, 0.15) is 12.2 Å². The van der Waals surface area contributed by atoms with E-state index in [-0.39, 0.29) is 11.9 Å². The maximum Gasteiger partial charge on any atom is 0.220 e. The van der Waals surface area contributed by atoms with Gasteiger partial charge in [0.25, 0.3) is 0 Å². The third kappa shape index (κ3) is 4.27. The van der Waals surface area contributed by atoms with Gasteiger partial charge in [0.15, 0.2) is 0 Å². The molecule has 0 saturated carbocycles. The van der Waals surface area contributed by atoms with Gasteiger partial charge >= 0.3 is 0 Å². The molecule has 1 fully saturated rings. The monoisotopic (exact) mass is 293 g/mol. The second-order valence-corrected chi connectivity index (χ2v) is 5.80. The molecule has 6 heteroatoms. The van der Waals surface area contributed by atoms with Crippen molar-refractivity contribution < 1.29 is 4.79 Å². The summed E-state index contributed by atoms with van der Waals surface area (Å²) in [7, 11) is 0. The van der Waals surface area contributed by atoms with Crippen molar-refractivity contribution in [3.63, 3.8) is 0 Å². The Morgan fingerprint density at radius 3 is 2.71 bits per heavy atom. The molecule has 0 aromatic carbocycles. The molecular formula is C15H27N5O. The third-order valence-corrected chi connectivity index (χ3v) is 4.34. The first-order valence-corrected chi connectivity index (χ1v) is 8.03. The minimum atomic E-state index is -0.0873. The third-order valence-electron chi connectivity index (χ3n) is 4.34. The Morgan fingerprint density at radius 2 is 2.10 bits per heavy atom. The summed E-state index contributed by atoms with van der Waals surface area (Å²) in [5.74, 6) is 1.47. The normalized spacial score (nSPS) is 18.6. The molecule has 1 amide bonds. The highest BCUT2D eigenvalue weighted by Gasteiger charge is 2.22. The molecule has 0 radical (unpaired) electrons. The van der Waals surface area contributed by atoms with Crippen LogP contribution in [0.4, 0.5) is 0 Å². The van der Waals surface area contributed by atoms with Gasteiger partial charge in [-0.2, -0.15) is 5.10 Å². The van der Waals surface area contributed by atoms with Crippen LogP contribution in [0.2, 0.25) is 0 Å². The van der Waals surface area contributed by atoms with Crippen LogP contribution < -0.4 is 5.32 Å². The molecule has 0 unspecified atom stereocenters. The number of piperidine rings is 1. The lowest BCUT2D eigenvalue weighted by Gasteiger charge is -2.30. The summed E-state index contributed by atoms with van der Waals surface area (Å²) in [6.07, 6.45) is 4.42. The highest BCUT2D eigenvalue weighted by molar-refractivity contribution is 5.76. The molecule has 1 N–H and O–H groups in total. The van der Waals surface area contributed by atoms with Gasteiger partial charge in [-0.1, -0.05) is 6.92 Å². The lowest BCUT2D eigenvalue weighted by atomic mass is 9.93. The summed E-state index contributed by atoms with van der Waals surface area (Å²) in [6.45, 7) is 10.3. The van der Waals surface area contributed by atoms with Crippen molar-refractivity contribution in [2.75, 3.05) is 19.6 Å². The lowest BCUT2D eigenvalue weighted by molar-refractivity contribution is -0.123. The molecule has 2 heterocycles. The standard InChI is InChI=1S/C15H27N5O/c1-4-19-8-6-13(7-9-19)10-14(21)18-12(3)15-16-11-17-20(15)5-2/h11-13H,4-10H2,1-3H3,(H,18,21)/t12-/m0/s1. The number of hydrogen-bond donors (Lipinski definition) is 1. The van der Waals surface area contributed by atoms with E-state index in [9.17, 15) is 4.79 Å². The topological polar surface area (TPSA) is 63.1 Å². The number of aromatic nitrogens is 3. The zero-order valence-corrected chi connectivity index (χ0v) is 13.4. The molecule has 1 saturated heterocycles.